The van der Waals surface area contributed by atoms with Crippen LogP contribution in [0.1, 0.15) is 35.1 Å². The van der Waals surface area contributed by atoms with Crippen molar-refractivity contribution in [3.8, 4) is 0 Å². The average molecular weight is 513 g/mol. The van der Waals surface area contributed by atoms with Gasteiger partial charge < -0.3 is 10.6 Å². The molecule has 0 aromatic heterocycles. The summed E-state index contributed by atoms with van der Waals surface area (Å²) in [5, 5.41) is 6.77. The molecule has 2 aliphatic rings. The van der Waals surface area contributed by atoms with Gasteiger partial charge in [0.25, 0.3) is 0 Å². The van der Waals surface area contributed by atoms with E-state index in [1.165, 1.54) is 12.1 Å². The number of halogens is 3. The highest BCUT2D eigenvalue weighted by Gasteiger charge is 2.43. The molecule has 1 fully saturated rings. The second-order valence-corrected chi connectivity index (χ2v) is 10.9. The maximum atomic E-state index is 13.5. The van der Waals surface area contributed by atoms with Gasteiger partial charge in [-0.05, 0) is 74.1 Å². The van der Waals surface area contributed by atoms with E-state index in [0.717, 1.165) is 28.6 Å². The normalized spacial score (nSPS) is 18.3. The largest absolute Gasteiger partial charge is 0.368 e. The lowest BCUT2D eigenvalue weighted by molar-refractivity contribution is 0.241. The van der Waals surface area contributed by atoms with E-state index >= 15 is 0 Å². The molecule has 0 aliphatic carbocycles. The van der Waals surface area contributed by atoms with Crippen molar-refractivity contribution in [1.29, 1.82) is 0 Å². The fraction of sp³-hybridized carbons (Fsp3) is 0.458. The molecule has 1 saturated heterocycles. The van der Waals surface area contributed by atoms with Gasteiger partial charge in [-0.15, -0.1) is 12.4 Å². The quantitative estimate of drug-likeness (QED) is 0.656. The summed E-state index contributed by atoms with van der Waals surface area (Å²) in [5.41, 5.74) is 2.78. The van der Waals surface area contributed by atoms with E-state index in [1.54, 1.807) is 10.4 Å². The van der Waals surface area contributed by atoms with E-state index < -0.39 is 27.2 Å². The number of amidine groups is 1. The van der Waals surface area contributed by atoms with Crippen LogP contribution in [-0.4, -0.2) is 50.3 Å². The third kappa shape index (κ3) is 5.27. The van der Waals surface area contributed by atoms with Crippen LogP contribution in [0.2, 0.25) is 0 Å². The summed E-state index contributed by atoms with van der Waals surface area (Å²) in [5.74, 6) is -0.520. The van der Waals surface area contributed by atoms with Crippen molar-refractivity contribution < 1.29 is 17.2 Å². The number of rotatable bonds is 4. The Kier molecular flexibility index (Phi) is 8.02. The summed E-state index contributed by atoms with van der Waals surface area (Å²) >= 11 is 0. The Hall–Kier alpha value is -2.07. The molecule has 0 radical (unpaired) electrons. The van der Waals surface area contributed by atoms with Crippen molar-refractivity contribution in [2.45, 2.75) is 50.6 Å². The summed E-state index contributed by atoms with van der Waals surface area (Å²) in [4.78, 5) is 4.99. The van der Waals surface area contributed by atoms with Crippen molar-refractivity contribution in [2.75, 3.05) is 26.2 Å². The fourth-order valence-electron chi connectivity index (χ4n) is 4.69. The Bertz CT molecular complexity index is 1180. The first kappa shape index (κ1) is 26.5. The number of sulfonamides is 1. The predicted molar refractivity (Wildman–Crippen MR) is 132 cm³/mol. The van der Waals surface area contributed by atoms with E-state index in [4.69, 9.17) is 0 Å². The van der Waals surface area contributed by atoms with Crippen LogP contribution in [-0.2, 0) is 16.6 Å². The van der Waals surface area contributed by atoms with E-state index in [0.29, 0.717) is 49.5 Å². The smallest absolute Gasteiger partial charge is 0.243 e. The van der Waals surface area contributed by atoms with Crippen LogP contribution in [0.5, 0.6) is 0 Å². The molecule has 0 bridgehead atoms. The molecule has 4 rings (SSSR count). The first-order chi connectivity index (χ1) is 15.6. The Morgan fingerprint density at radius 1 is 1.00 bits per heavy atom. The average Bonchev–Trinajstić information content (AvgIpc) is 2.75. The highest BCUT2D eigenvalue weighted by molar-refractivity contribution is 7.89. The standard InChI is InChI=1S/C24H30F2N4O2S.ClH/c1-16-10-18(3)22(11-17(16)2)33(31,32)30-8-4-24(5-9-30)23(27-6-7-29-24)28-15-19-12-20(25)14-21(26)13-19;/h10-14,29H,4-9,15H2,1-3H3,(H,27,28);1H. The summed E-state index contributed by atoms with van der Waals surface area (Å²) in [7, 11) is -3.61. The molecular formula is C24H31ClF2N4O2S. The van der Waals surface area contributed by atoms with E-state index in [2.05, 4.69) is 15.6 Å². The number of piperidine rings is 1. The van der Waals surface area contributed by atoms with Crippen LogP contribution in [0.3, 0.4) is 0 Å². The summed E-state index contributed by atoms with van der Waals surface area (Å²) < 4.78 is 55.4. The molecular weight excluding hydrogens is 482 g/mol. The van der Waals surface area contributed by atoms with Crippen molar-refractivity contribution in [3.05, 3.63) is 64.2 Å². The monoisotopic (exact) mass is 512 g/mol. The van der Waals surface area contributed by atoms with Crippen LogP contribution in [0.25, 0.3) is 0 Å². The van der Waals surface area contributed by atoms with Crippen LogP contribution < -0.4 is 10.6 Å². The zero-order valence-corrected chi connectivity index (χ0v) is 21.3. The Morgan fingerprint density at radius 3 is 2.26 bits per heavy atom. The van der Waals surface area contributed by atoms with Gasteiger partial charge >= 0.3 is 0 Å². The fourth-order valence-corrected chi connectivity index (χ4v) is 6.43. The van der Waals surface area contributed by atoms with E-state index in [1.807, 2.05) is 26.8 Å². The van der Waals surface area contributed by atoms with Gasteiger partial charge in [0.15, 0.2) is 0 Å². The SMILES string of the molecule is Cc1cc(C)c(S(=O)(=O)N2CCC3(CC2)NCCN=C3NCc2cc(F)cc(F)c2)cc1C.Cl. The van der Waals surface area contributed by atoms with Crippen LogP contribution >= 0.6 is 12.4 Å². The molecule has 6 nitrogen and oxygen atoms in total. The third-order valence-electron chi connectivity index (χ3n) is 6.67. The number of aliphatic imine (C=N–C) groups is 1. The molecule has 34 heavy (non-hydrogen) atoms. The lowest BCUT2D eigenvalue weighted by Crippen LogP contribution is -2.64. The Balaban J connectivity index is 0.00000324. The molecule has 10 heteroatoms. The van der Waals surface area contributed by atoms with Crippen LogP contribution in [0.4, 0.5) is 8.78 Å². The minimum absolute atomic E-state index is 0. The van der Waals surface area contributed by atoms with Gasteiger partial charge in [-0.1, -0.05) is 6.07 Å². The van der Waals surface area contributed by atoms with Gasteiger partial charge in [0.2, 0.25) is 10.0 Å². The third-order valence-corrected chi connectivity index (χ3v) is 8.71. The topological polar surface area (TPSA) is 73.8 Å². The molecule has 0 amide bonds. The minimum Gasteiger partial charge on any atom is -0.368 e. The summed E-state index contributed by atoms with van der Waals surface area (Å²) in [6, 6.07) is 7.11. The van der Waals surface area contributed by atoms with Gasteiger partial charge in [0.05, 0.1) is 17.0 Å². The van der Waals surface area contributed by atoms with Crippen LogP contribution in [0, 0.1) is 32.4 Å². The van der Waals surface area contributed by atoms with Gasteiger partial charge in [0.1, 0.15) is 17.5 Å². The highest BCUT2D eigenvalue weighted by Crippen LogP contribution is 2.31. The maximum absolute atomic E-state index is 13.5. The Labute approximate surface area is 206 Å². The van der Waals surface area contributed by atoms with Crippen molar-refractivity contribution in [1.82, 2.24) is 14.9 Å². The predicted octanol–water partition coefficient (Wildman–Crippen LogP) is 3.63. The molecule has 2 heterocycles. The molecule has 0 unspecified atom stereocenters. The van der Waals surface area contributed by atoms with Gasteiger partial charge in [0, 0.05) is 32.2 Å². The van der Waals surface area contributed by atoms with Crippen molar-refractivity contribution in [2.24, 2.45) is 4.99 Å². The van der Waals surface area contributed by atoms with Crippen molar-refractivity contribution >= 4 is 28.3 Å². The second kappa shape index (κ2) is 10.3. The van der Waals surface area contributed by atoms with Crippen LogP contribution in [0.15, 0.2) is 40.2 Å². The molecule has 2 aromatic rings. The van der Waals surface area contributed by atoms with Gasteiger partial charge in [-0.3, -0.25) is 4.99 Å². The molecule has 2 aliphatic heterocycles. The number of benzene rings is 2. The summed E-state index contributed by atoms with van der Waals surface area (Å²) in [6.07, 6.45) is 1.11. The number of hydrogen-bond donors (Lipinski definition) is 2. The maximum Gasteiger partial charge on any atom is 0.243 e. The lowest BCUT2D eigenvalue weighted by Gasteiger charge is -2.44. The Morgan fingerprint density at radius 2 is 1.62 bits per heavy atom. The van der Waals surface area contributed by atoms with E-state index in [-0.39, 0.29) is 19.0 Å². The molecule has 0 saturated carbocycles. The first-order valence-electron chi connectivity index (χ1n) is 11.2. The zero-order valence-electron chi connectivity index (χ0n) is 19.6. The molecule has 2 N–H and O–H groups in total. The van der Waals surface area contributed by atoms with Gasteiger partial charge in [-0.25, -0.2) is 17.2 Å². The van der Waals surface area contributed by atoms with Gasteiger partial charge in [-0.2, -0.15) is 4.31 Å². The molecule has 1 spiro atoms. The first-order valence-corrected chi connectivity index (χ1v) is 12.6. The number of aryl methyl sites for hydroxylation is 3. The zero-order chi connectivity index (χ0) is 23.8. The molecule has 0 atom stereocenters. The molecule has 2 aromatic carbocycles. The number of nitrogens with one attached hydrogen (secondary N) is 2. The lowest BCUT2D eigenvalue weighted by atomic mass is 9.85. The second-order valence-electron chi connectivity index (χ2n) is 8.98. The highest BCUT2D eigenvalue weighted by atomic mass is 35.5. The number of nitrogens with zero attached hydrogens (tertiary/aromatic N) is 2. The minimum atomic E-state index is -3.61. The number of hydrogen-bond acceptors (Lipinski definition) is 5. The van der Waals surface area contributed by atoms with Crippen molar-refractivity contribution in [3.63, 3.8) is 0 Å². The molecule has 186 valence electrons. The van der Waals surface area contributed by atoms with E-state index in [9.17, 15) is 17.2 Å². The summed E-state index contributed by atoms with van der Waals surface area (Å²) in [6.45, 7) is 7.97.